The Balaban J connectivity index is 2.20. The Kier molecular flexibility index (Phi) is 4.12. The number of methoxy groups -OCH3 is 1. The zero-order chi connectivity index (χ0) is 13.8. The number of aromatic nitrogens is 1. The van der Waals surface area contributed by atoms with E-state index in [-0.39, 0.29) is 5.82 Å². The van der Waals surface area contributed by atoms with Gasteiger partial charge in [-0.15, -0.1) is 0 Å². The van der Waals surface area contributed by atoms with Crippen molar-refractivity contribution >= 4 is 0 Å². The maximum absolute atomic E-state index is 13.2. The van der Waals surface area contributed by atoms with Crippen LogP contribution in [0.5, 0.6) is 5.88 Å². The number of hydrogen-bond donors (Lipinski definition) is 1. The molecule has 1 atom stereocenters. The molecule has 0 bridgehead atoms. The molecule has 0 radical (unpaired) electrons. The van der Waals surface area contributed by atoms with Gasteiger partial charge in [-0.25, -0.2) is 9.37 Å². The van der Waals surface area contributed by atoms with Crippen molar-refractivity contribution in [1.29, 1.82) is 0 Å². The maximum Gasteiger partial charge on any atom is 0.213 e. The number of halogens is 1. The Morgan fingerprint density at radius 2 is 2.11 bits per heavy atom. The van der Waals surface area contributed by atoms with Gasteiger partial charge in [0.1, 0.15) is 11.9 Å². The molecule has 1 N–H and O–H groups in total. The highest BCUT2D eigenvalue weighted by molar-refractivity contribution is 5.28. The van der Waals surface area contributed by atoms with Crippen molar-refractivity contribution in [3.63, 3.8) is 0 Å². The number of aliphatic hydroxyl groups excluding tert-OH is 1. The molecule has 2 rings (SSSR count). The maximum atomic E-state index is 13.2. The number of aryl methyl sites for hydroxylation is 1. The number of hydrogen-bond acceptors (Lipinski definition) is 3. The molecule has 1 heterocycles. The minimum Gasteiger partial charge on any atom is -0.481 e. The summed E-state index contributed by atoms with van der Waals surface area (Å²) in [4.78, 5) is 4.17. The molecule has 0 saturated heterocycles. The van der Waals surface area contributed by atoms with Crippen molar-refractivity contribution in [1.82, 2.24) is 4.98 Å². The first-order valence-electron chi connectivity index (χ1n) is 6.04. The van der Waals surface area contributed by atoms with E-state index in [1.54, 1.807) is 24.3 Å². The summed E-state index contributed by atoms with van der Waals surface area (Å²) in [6.07, 6.45) is -0.459. The normalized spacial score (nSPS) is 12.2. The quantitative estimate of drug-likeness (QED) is 0.920. The van der Waals surface area contributed by atoms with Crippen LogP contribution in [0.25, 0.3) is 0 Å². The fraction of sp³-hybridized carbons (Fsp3) is 0.267. The van der Waals surface area contributed by atoms with E-state index >= 15 is 0 Å². The lowest BCUT2D eigenvalue weighted by Crippen LogP contribution is -2.06. The van der Waals surface area contributed by atoms with Gasteiger partial charge in [-0.3, -0.25) is 0 Å². The van der Waals surface area contributed by atoms with Crippen LogP contribution in [0.2, 0.25) is 0 Å². The molecule has 1 aromatic heterocycles. The molecule has 0 fully saturated rings. The van der Waals surface area contributed by atoms with Gasteiger partial charge in [-0.1, -0.05) is 12.1 Å². The van der Waals surface area contributed by atoms with E-state index in [1.807, 2.05) is 6.92 Å². The number of benzene rings is 1. The lowest BCUT2D eigenvalue weighted by Gasteiger charge is -2.13. The van der Waals surface area contributed by atoms with Crippen LogP contribution in [0.3, 0.4) is 0 Å². The van der Waals surface area contributed by atoms with Crippen molar-refractivity contribution in [2.24, 2.45) is 0 Å². The molecule has 1 unspecified atom stereocenters. The van der Waals surface area contributed by atoms with E-state index in [0.717, 1.165) is 11.1 Å². The van der Waals surface area contributed by atoms with Gasteiger partial charge in [-0.05, 0) is 36.2 Å². The minimum atomic E-state index is -0.782. The Morgan fingerprint density at radius 3 is 2.84 bits per heavy atom. The fourth-order valence-electron chi connectivity index (χ4n) is 1.90. The third kappa shape index (κ3) is 3.29. The number of nitrogens with zero attached hydrogens (tertiary/aromatic N) is 1. The van der Waals surface area contributed by atoms with Crippen LogP contribution in [0, 0.1) is 12.7 Å². The summed E-state index contributed by atoms with van der Waals surface area (Å²) in [6, 6.07) is 9.76. The van der Waals surface area contributed by atoms with Crippen molar-refractivity contribution in [2.45, 2.75) is 19.4 Å². The highest BCUT2D eigenvalue weighted by Crippen LogP contribution is 2.21. The summed E-state index contributed by atoms with van der Waals surface area (Å²) >= 11 is 0. The van der Waals surface area contributed by atoms with E-state index in [0.29, 0.717) is 18.0 Å². The van der Waals surface area contributed by atoms with Gasteiger partial charge in [0.15, 0.2) is 0 Å². The molecule has 1 aromatic carbocycles. The first-order chi connectivity index (χ1) is 9.10. The van der Waals surface area contributed by atoms with Crippen molar-refractivity contribution in [3.05, 3.63) is 59.0 Å². The molecule has 0 spiro atoms. The van der Waals surface area contributed by atoms with E-state index in [1.165, 1.54) is 19.2 Å². The second kappa shape index (κ2) is 5.80. The fourth-order valence-corrected chi connectivity index (χ4v) is 1.90. The van der Waals surface area contributed by atoms with E-state index < -0.39 is 6.10 Å². The van der Waals surface area contributed by atoms with Gasteiger partial charge in [0.05, 0.1) is 12.8 Å². The van der Waals surface area contributed by atoms with Gasteiger partial charge in [0.2, 0.25) is 5.88 Å². The molecule has 0 aliphatic rings. The molecule has 2 aromatic rings. The van der Waals surface area contributed by atoms with Gasteiger partial charge >= 0.3 is 0 Å². The predicted molar refractivity (Wildman–Crippen MR) is 70.6 cm³/mol. The second-order valence-corrected chi connectivity index (χ2v) is 4.40. The molecular formula is C15H16FNO2. The molecule has 19 heavy (non-hydrogen) atoms. The predicted octanol–water partition coefficient (Wildman–Crippen LogP) is 2.81. The number of aliphatic hydroxyl groups is 1. The minimum absolute atomic E-state index is 0.300. The first-order valence-corrected chi connectivity index (χ1v) is 6.04. The van der Waals surface area contributed by atoms with Crippen LogP contribution in [0.1, 0.15) is 22.9 Å². The van der Waals surface area contributed by atoms with E-state index in [2.05, 4.69) is 4.98 Å². The van der Waals surface area contributed by atoms with Gasteiger partial charge < -0.3 is 9.84 Å². The monoisotopic (exact) mass is 261 g/mol. The average Bonchev–Trinajstić information content (AvgIpc) is 2.43. The molecule has 0 amide bonds. The zero-order valence-corrected chi connectivity index (χ0v) is 10.9. The summed E-state index contributed by atoms with van der Waals surface area (Å²) in [5.41, 5.74) is 2.24. The molecule has 3 nitrogen and oxygen atoms in total. The average molecular weight is 261 g/mol. The summed E-state index contributed by atoms with van der Waals surface area (Å²) in [6.45, 7) is 1.89. The van der Waals surface area contributed by atoms with E-state index in [9.17, 15) is 9.50 Å². The molecule has 0 aliphatic heterocycles. The second-order valence-electron chi connectivity index (χ2n) is 4.40. The van der Waals surface area contributed by atoms with Crippen molar-refractivity contribution in [3.8, 4) is 5.88 Å². The number of ether oxygens (including phenoxy) is 1. The van der Waals surface area contributed by atoms with Crippen LogP contribution < -0.4 is 4.74 Å². The highest BCUT2D eigenvalue weighted by Gasteiger charge is 2.13. The number of pyridine rings is 1. The van der Waals surface area contributed by atoms with Crippen molar-refractivity contribution in [2.75, 3.05) is 7.11 Å². The molecule has 0 aliphatic carbocycles. The first kappa shape index (κ1) is 13.5. The van der Waals surface area contributed by atoms with E-state index in [4.69, 9.17) is 4.74 Å². The van der Waals surface area contributed by atoms with Crippen LogP contribution in [0.4, 0.5) is 4.39 Å². The van der Waals surface area contributed by atoms with Crippen LogP contribution >= 0.6 is 0 Å². The van der Waals surface area contributed by atoms with Crippen LogP contribution in [-0.2, 0) is 6.42 Å². The molecular weight excluding hydrogens is 245 g/mol. The van der Waals surface area contributed by atoms with Gasteiger partial charge in [0, 0.05) is 12.5 Å². The van der Waals surface area contributed by atoms with Gasteiger partial charge in [-0.2, -0.15) is 0 Å². The lowest BCUT2D eigenvalue weighted by molar-refractivity contribution is 0.172. The standard InChI is InChI=1S/C15H16FNO2/c1-10-6-7-12(16)8-11(10)9-14(18)13-4-3-5-15(17-13)19-2/h3-8,14,18H,9H2,1-2H3. The van der Waals surface area contributed by atoms with Gasteiger partial charge in [0.25, 0.3) is 0 Å². The van der Waals surface area contributed by atoms with Crippen LogP contribution in [0.15, 0.2) is 36.4 Å². The van der Waals surface area contributed by atoms with Crippen molar-refractivity contribution < 1.29 is 14.2 Å². The zero-order valence-electron chi connectivity index (χ0n) is 10.9. The molecule has 100 valence electrons. The van der Waals surface area contributed by atoms with Crippen LogP contribution in [-0.4, -0.2) is 17.2 Å². The SMILES string of the molecule is COc1cccc(C(O)Cc2cc(F)ccc2C)n1. The molecule has 4 heteroatoms. The summed E-state index contributed by atoms with van der Waals surface area (Å²) in [5, 5.41) is 10.2. The lowest BCUT2D eigenvalue weighted by atomic mass is 10.0. The third-order valence-corrected chi connectivity index (χ3v) is 3.02. The highest BCUT2D eigenvalue weighted by atomic mass is 19.1. The Hall–Kier alpha value is -1.94. The summed E-state index contributed by atoms with van der Waals surface area (Å²) < 4.78 is 18.2. The Morgan fingerprint density at radius 1 is 1.32 bits per heavy atom. The Labute approximate surface area is 111 Å². The smallest absolute Gasteiger partial charge is 0.213 e. The summed E-state index contributed by atoms with van der Waals surface area (Å²) in [7, 11) is 1.52. The molecule has 0 saturated carbocycles. The number of rotatable bonds is 4. The third-order valence-electron chi connectivity index (χ3n) is 3.02. The summed E-state index contributed by atoms with van der Waals surface area (Å²) in [5.74, 6) is 0.152. The Bertz CT molecular complexity index is 572. The largest absolute Gasteiger partial charge is 0.481 e. The topological polar surface area (TPSA) is 42.4 Å².